The molecule has 14 heavy (non-hydrogen) atoms. The minimum Gasteiger partial charge on any atom is -0.344 e. The lowest BCUT2D eigenvalue weighted by Crippen LogP contribution is -1.90. The van der Waals surface area contributed by atoms with Crippen LogP contribution < -0.4 is 6.15 Å². The van der Waals surface area contributed by atoms with E-state index in [2.05, 4.69) is 5.10 Å². The van der Waals surface area contributed by atoms with Crippen LogP contribution in [0.2, 0.25) is 10.0 Å². The van der Waals surface area contributed by atoms with Crippen LogP contribution in [-0.4, -0.2) is 9.78 Å². The summed E-state index contributed by atoms with van der Waals surface area (Å²) >= 11 is 11.7. The molecule has 0 atom stereocenters. The third-order valence-corrected chi connectivity index (χ3v) is 2.83. The zero-order valence-corrected chi connectivity index (χ0v) is 8.68. The maximum Gasteiger partial charge on any atom is 0.176 e. The van der Waals surface area contributed by atoms with Gasteiger partial charge in [-0.3, -0.25) is 0 Å². The van der Waals surface area contributed by atoms with Gasteiger partial charge in [0.05, 0.1) is 15.7 Å². The Morgan fingerprint density at radius 3 is 2.36 bits per heavy atom. The number of hydrogen-bond donors (Lipinski definition) is 1. The summed E-state index contributed by atoms with van der Waals surface area (Å²) in [7, 11) is 0. The zero-order valence-electron chi connectivity index (χ0n) is 7.17. The molecular formula is C9H7Cl2N3. The average molecular weight is 228 g/mol. The highest BCUT2D eigenvalue weighted by molar-refractivity contribution is 6.42. The Morgan fingerprint density at radius 2 is 1.86 bits per heavy atom. The smallest absolute Gasteiger partial charge is 0.176 e. The molecule has 0 aromatic heterocycles. The lowest BCUT2D eigenvalue weighted by Gasteiger charge is -2.04. The molecule has 3 N–H and O–H groups in total. The molecule has 0 radical (unpaired) electrons. The van der Waals surface area contributed by atoms with E-state index < -0.39 is 0 Å². The van der Waals surface area contributed by atoms with Crippen LogP contribution in [0.4, 0.5) is 0 Å². The van der Waals surface area contributed by atoms with Crippen LogP contribution in [0.15, 0.2) is 24.3 Å². The molecule has 0 saturated carbocycles. The van der Waals surface area contributed by atoms with Crippen molar-refractivity contribution in [2.45, 2.75) is 0 Å². The standard InChI is InChI=1S/C9H4Cl2N2.H3N/c10-6-2-1-5(3-7(6)11)8-4-9-12-13(8)9;/h1-4H;1H3. The van der Waals surface area contributed by atoms with Gasteiger partial charge in [-0.1, -0.05) is 29.3 Å². The van der Waals surface area contributed by atoms with Gasteiger partial charge in [-0.2, -0.15) is 0 Å². The number of rotatable bonds is 1. The predicted molar refractivity (Wildman–Crippen MR) is 57.6 cm³/mol. The summed E-state index contributed by atoms with van der Waals surface area (Å²) in [4.78, 5) is 0. The lowest BCUT2D eigenvalue weighted by molar-refractivity contribution is 1.12. The van der Waals surface area contributed by atoms with Gasteiger partial charge in [-0.05, 0) is 12.1 Å². The van der Waals surface area contributed by atoms with Crippen molar-refractivity contribution in [1.82, 2.24) is 15.9 Å². The SMILES string of the molecule is Clc1ccc(-c2cc3nn2-3)cc1Cl.N. The molecule has 3 nitrogen and oxygen atoms in total. The van der Waals surface area contributed by atoms with E-state index in [9.17, 15) is 0 Å². The van der Waals surface area contributed by atoms with Crippen molar-refractivity contribution >= 4 is 23.2 Å². The molecule has 0 aliphatic carbocycles. The van der Waals surface area contributed by atoms with E-state index in [1.807, 2.05) is 22.9 Å². The molecule has 0 fully saturated rings. The predicted octanol–water partition coefficient (Wildman–Crippen LogP) is 3.32. The largest absolute Gasteiger partial charge is 0.344 e. The average Bonchev–Trinajstić information content (AvgIpc) is 2.70. The van der Waals surface area contributed by atoms with E-state index in [1.165, 1.54) is 0 Å². The minimum absolute atomic E-state index is 0. The maximum absolute atomic E-state index is 5.89. The number of aromatic nitrogens is 2. The Bertz CT molecular complexity index is 505. The van der Waals surface area contributed by atoms with E-state index in [1.54, 1.807) is 6.07 Å². The Balaban J connectivity index is 0.000000750. The molecule has 0 saturated heterocycles. The van der Waals surface area contributed by atoms with Gasteiger partial charge in [0, 0.05) is 11.6 Å². The molecule has 0 unspecified atom stereocenters. The number of halogens is 2. The fourth-order valence-corrected chi connectivity index (χ4v) is 1.62. The summed E-state index contributed by atoms with van der Waals surface area (Å²) in [5.74, 6) is 1.04. The molecule has 5 heteroatoms. The van der Waals surface area contributed by atoms with Crippen LogP contribution in [0.1, 0.15) is 0 Å². The van der Waals surface area contributed by atoms with Gasteiger partial charge in [0.2, 0.25) is 0 Å². The van der Waals surface area contributed by atoms with Crippen molar-refractivity contribution < 1.29 is 0 Å². The van der Waals surface area contributed by atoms with Gasteiger partial charge in [0.25, 0.3) is 0 Å². The summed E-state index contributed by atoms with van der Waals surface area (Å²) in [5, 5.41) is 5.22. The lowest BCUT2D eigenvalue weighted by atomic mass is 10.1. The molecule has 0 bridgehead atoms. The van der Waals surface area contributed by atoms with Gasteiger partial charge < -0.3 is 6.15 Å². The fraction of sp³-hybridized carbons (Fsp3) is 0. The van der Waals surface area contributed by atoms with Crippen molar-refractivity contribution in [1.29, 1.82) is 0 Å². The quantitative estimate of drug-likeness (QED) is 0.694. The second-order valence-corrected chi connectivity index (χ2v) is 3.74. The summed E-state index contributed by atoms with van der Waals surface area (Å²) in [6.07, 6.45) is 0. The third kappa shape index (κ3) is 1.21. The van der Waals surface area contributed by atoms with Crippen LogP contribution in [0.3, 0.4) is 0 Å². The molecule has 2 heterocycles. The van der Waals surface area contributed by atoms with Crippen molar-refractivity contribution in [2.75, 3.05) is 0 Å². The first-order valence-corrected chi connectivity index (χ1v) is 4.57. The first kappa shape index (κ1) is 9.52. The van der Waals surface area contributed by atoms with E-state index in [0.717, 1.165) is 17.1 Å². The summed E-state index contributed by atoms with van der Waals surface area (Å²) in [6.45, 7) is 0. The van der Waals surface area contributed by atoms with Gasteiger partial charge in [-0.15, -0.1) is 5.10 Å². The van der Waals surface area contributed by atoms with Crippen LogP contribution in [0.5, 0.6) is 0 Å². The normalized spacial score (nSPS) is 11.0. The first-order chi connectivity index (χ1) is 6.25. The summed E-state index contributed by atoms with van der Waals surface area (Å²) in [5.41, 5.74) is 2.15. The van der Waals surface area contributed by atoms with Gasteiger partial charge in [-0.25, -0.2) is 4.68 Å². The van der Waals surface area contributed by atoms with Crippen LogP contribution in [0.25, 0.3) is 17.1 Å². The van der Waals surface area contributed by atoms with E-state index in [-0.39, 0.29) is 6.15 Å². The number of benzene rings is 1. The highest BCUT2D eigenvalue weighted by atomic mass is 35.5. The highest BCUT2D eigenvalue weighted by Gasteiger charge is 2.24. The second-order valence-electron chi connectivity index (χ2n) is 2.93. The molecule has 72 valence electrons. The fourth-order valence-electron chi connectivity index (χ4n) is 1.33. The molecule has 0 amide bonds. The van der Waals surface area contributed by atoms with Crippen molar-refractivity contribution in [2.24, 2.45) is 0 Å². The molecule has 2 aliphatic heterocycles. The Kier molecular flexibility index (Phi) is 2.03. The summed E-state index contributed by atoms with van der Waals surface area (Å²) in [6, 6.07) is 7.59. The maximum atomic E-state index is 5.89. The molecule has 0 spiro atoms. The third-order valence-electron chi connectivity index (χ3n) is 2.09. The molecule has 3 rings (SSSR count). The molecule has 2 aliphatic rings. The molecule has 1 aromatic rings. The van der Waals surface area contributed by atoms with Crippen molar-refractivity contribution in [3.63, 3.8) is 0 Å². The number of fused-ring (bicyclic) bond motifs is 1. The Morgan fingerprint density at radius 1 is 1.07 bits per heavy atom. The van der Waals surface area contributed by atoms with E-state index >= 15 is 0 Å². The Hall–Kier alpha value is -1.03. The highest BCUT2D eigenvalue weighted by Crippen LogP contribution is 2.35. The first-order valence-electron chi connectivity index (χ1n) is 3.81. The van der Waals surface area contributed by atoms with E-state index in [4.69, 9.17) is 23.2 Å². The van der Waals surface area contributed by atoms with Gasteiger partial charge in [0.1, 0.15) is 0 Å². The van der Waals surface area contributed by atoms with Crippen LogP contribution in [-0.2, 0) is 0 Å². The number of hydrogen-bond acceptors (Lipinski definition) is 2. The Labute approximate surface area is 90.8 Å². The molecular weight excluding hydrogens is 221 g/mol. The second kappa shape index (κ2) is 2.98. The van der Waals surface area contributed by atoms with E-state index in [0.29, 0.717) is 10.0 Å². The van der Waals surface area contributed by atoms with Crippen LogP contribution in [0, 0.1) is 0 Å². The van der Waals surface area contributed by atoms with Crippen molar-refractivity contribution in [3.8, 4) is 17.1 Å². The van der Waals surface area contributed by atoms with Crippen LogP contribution >= 0.6 is 23.2 Å². The van der Waals surface area contributed by atoms with Gasteiger partial charge in [0.15, 0.2) is 5.82 Å². The zero-order chi connectivity index (χ0) is 9.00. The summed E-state index contributed by atoms with van der Waals surface area (Å²) < 4.78 is 1.87. The monoisotopic (exact) mass is 227 g/mol. The minimum atomic E-state index is 0. The van der Waals surface area contributed by atoms with Gasteiger partial charge >= 0.3 is 0 Å². The molecule has 1 aromatic carbocycles. The number of nitrogens with zero attached hydrogens (tertiary/aromatic N) is 2. The van der Waals surface area contributed by atoms with Crippen molar-refractivity contribution in [3.05, 3.63) is 34.3 Å². The topological polar surface area (TPSA) is 52.8 Å².